The number of hydrogen-bond acceptors (Lipinski definition) is 6. The molecule has 1 aromatic carbocycles. The van der Waals surface area contributed by atoms with E-state index in [2.05, 4.69) is 20.6 Å². The van der Waals surface area contributed by atoms with Crippen molar-refractivity contribution in [1.29, 1.82) is 0 Å². The van der Waals surface area contributed by atoms with Gasteiger partial charge in [0.15, 0.2) is 0 Å². The maximum absolute atomic E-state index is 14.6. The second-order valence-corrected chi connectivity index (χ2v) is 7.29. The first kappa shape index (κ1) is 24.9. The Bertz CT molecular complexity index is 872. The van der Waals surface area contributed by atoms with E-state index in [0.717, 1.165) is 18.7 Å². The van der Waals surface area contributed by atoms with Crippen LogP contribution in [0.2, 0.25) is 5.15 Å². The number of nitrogens with one attached hydrogen (secondary N) is 2. The predicted octanol–water partition coefficient (Wildman–Crippen LogP) is 4.35. The van der Waals surface area contributed by atoms with Crippen molar-refractivity contribution in [1.82, 2.24) is 14.9 Å². The molecule has 31 heavy (non-hydrogen) atoms. The van der Waals surface area contributed by atoms with Crippen LogP contribution in [-0.2, 0) is 6.42 Å². The minimum atomic E-state index is -4.53. The third-order valence-corrected chi connectivity index (χ3v) is 4.44. The second-order valence-electron chi connectivity index (χ2n) is 6.93. The van der Waals surface area contributed by atoms with Crippen LogP contribution < -0.4 is 15.4 Å². The number of anilines is 2. The Labute approximate surface area is 181 Å². The average Bonchev–Trinajstić information content (AvgIpc) is 2.66. The third-order valence-electron chi connectivity index (χ3n) is 4.12. The molecule has 1 heterocycles. The molecule has 0 fully saturated rings. The van der Waals surface area contributed by atoms with E-state index >= 15 is 0 Å². The number of alkyl halides is 3. The van der Waals surface area contributed by atoms with Gasteiger partial charge in [0.05, 0.1) is 6.61 Å². The highest BCUT2D eigenvalue weighted by atomic mass is 35.5. The van der Waals surface area contributed by atoms with E-state index in [1.165, 1.54) is 7.05 Å². The van der Waals surface area contributed by atoms with Crippen molar-refractivity contribution >= 4 is 23.4 Å². The summed E-state index contributed by atoms with van der Waals surface area (Å²) >= 11 is 6.07. The smallest absolute Gasteiger partial charge is 0.405 e. The van der Waals surface area contributed by atoms with Crippen molar-refractivity contribution in [2.75, 3.05) is 51.5 Å². The van der Waals surface area contributed by atoms with Gasteiger partial charge in [0.1, 0.15) is 34.9 Å². The van der Waals surface area contributed by atoms with Gasteiger partial charge in [-0.25, -0.2) is 13.8 Å². The van der Waals surface area contributed by atoms with Crippen LogP contribution in [0.5, 0.6) is 5.75 Å². The summed E-state index contributed by atoms with van der Waals surface area (Å²) < 4.78 is 72.5. The molecule has 0 amide bonds. The summed E-state index contributed by atoms with van der Waals surface area (Å²) in [7, 11) is 5.24. The lowest BCUT2D eigenvalue weighted by Gasteiger charge is -2.16. The molecule has 0 bridgehead atoms. The van der Waals surface area contributed by atoms with E-state index in [1.54, 1.807) is 0 Å². The zero-order chi connectivity index (χ0) is 23.2. The predicted molar refractivity (Wildman–Crippen MR) is 109 cm³/mol. The first-order valence-corrected chi connectivity index (χ1v) is 9.68. The Morgan fingerprint density at radius 2 is 1.74 bits per heavy atom. The number of ether oxygens (including phenoxy) is 1. The van der Waals surface area contributed by atoms with Gasteiger partial charge in [0.2, 0.25) is 5.95 Å². The van der Waals surface area contributed by atoms with Crippen molar-refractivity contribution in [3.8, 4) is 5.75 Å². The van der Waals surface area contributed by atoms with Crippen LogP contribution >= 0.6 is 11.6 Å². The van der Waals surface area contributed by atoms with Crippen molar-refractivity contribution in [2.24, 2.45) is 0 Å². The molecule has 2 rings (SSSR count). The summed E-state index contributed by atoms with van der Waals surface area (Å²) in [6, 6.07) is 2.04. The summed E-state index contributed by atoms with van der Waals surface area (Å²) in [6.07, 6.45) is -4.32. The molecular weight excluding hydrogens is 445 g/mol. The van der Waals surface area contributed by atoms with Crippen LogP contribution in [-0.4, -0.2) is 61.9 Å². The minimum Gasteiger partial charge on any atom is -0.493 e. The maximum Gasteiger partial charge on any atom is 0.405 e. The summed E-state index contributed by atoms with van der Waals surface area (Å²) in [6.45, 7) is -0.383. The third kappa shape index (κ3) is 7.66. The Kier molecular flexibility index (Phi) is 8.63. The van der Waals surface area contributed by atoms with Gasteiger partial charge in [-0.05, 0) is 20.5 Å². The Hall–Kier alpha value is -2.40. The number of benzene rings is 1. The molecule has 6 nitrogen and oxygen atoms in total. The first-order valence-electron chi connectivity index (χ1n) is 9.30. The molecule has 12 heteroatoms. The Balaban J connectivity index is 2.26. The largest absolute Gasteiger partial charge is 0.493 e. The molecule has 1 aromatic heterocycles. The molecule has 0 radical (unpaired) electrons. The standard InChI is InChI=1S/C19H23ClF5N5O/c1-26-18-28-16(20)13(17(29-18)27-10-19(23,24)25)9-12-14(21)7-11(8-15(12)22)31-6-4-5-30(2)3/h7-8H,4-6,9-10H2,1-3H3,(H2,26,27,28,29). The van der Waals surface area contributed by atoms with Crippen LogP contribution in [0.4, 0.5) is 33.7 Å². The quantitative estimate of drug-likeness (QED) is 0.308. The number of nitrogens with zero attached hydrogens (tertiary/aromatic N) is 3. The highest BCUT2D eigenvalue weighted by molar-refractivity contribution is 6.30. The summed E-state index contributed by atoms with van der Waals surface area (Å²) in [5.41, 5.74) is -0.458. The SMILES string of the molecule is CNc1nc(Cl)c(Cc2c(F)cc(OCCCN(C)C)cc2F)c(NCC(F)(F)F)n1. The Morgan fingerprint density at radius 1 is 1.10 bits per heavy atom. The van der Waals surface area contributed by atoms with Gasteiger partial charge in [0.25, 0.3) is 0 Å². The fraction of sp³-hybridized carbons (Fsp3) is 0.474. The molecular formula is C19H23ClF5N5O. The Morgan fingerprint density at radius 3 is 2.29 bits per heavy atom. The molecule has 0 aliphatic rings. The highest BCUT2D eigenvalue weighted by Gasteiger charge is 2.28. The number of hydrogen-bond donors (Lipinski definition) is 2. The van der Waals surface area contributed by atoms with Gasteiger partial charge in [0, 0.05) is 43.3 Å². The van der Waals surface area contributed by atoms with Crippen LogP contribution in [0.25, 0.3) is 0 Å². The zero-order valence-electron chi connectivity index (χ0n) is 17.2. The molecule has 0 atom stereocenters. The molecule has 0 unspecified atom stereocenters. The van der Waals surface area contributed by atoms with E-state index in [9.17, 15) is 22.0 Å². The van der Waals surface area contributed by atoms with Gasteiger partial charge in [-0.3, -0.25) is 0 Å². The fourth-order valence-electron chi connectivity index (χ4n) is 2.63. The van der Waals surface area contributed by atoms with Crippen LogP contribution in [0.15, 0.2) is 12.1 Å². The van der Waals surface area contributed by atoms with Crippen molar-refractivity contribution in [2.45, 2.75) is 19.0 Å². The average molecular weight is 468 g/mol. The van der Waals surface area contributed by atoms with E-state index in [-0.39, 0.29) is 34.8 Å². The number of rotatable bonds is 10. The van der Waals surface area contributed by atoms with E-state index in [0.29, 0.717) is 6.42 Å². The van der Waals surface area contributed by atoms with Crippen molar-refractivity contribution in [3.63, 3.8) is 0 Å². The van der Waals surface area contributed by atoms with Crippen LogP contribution in [0.1, 0.15) is 17.5 Å². The van der Waals surface area contributed by atoms with Gasteiger partial charge in [-0.2, -0.15) is 18.2 Å². The summed E-state index contributed by atoms with van der Waals surface area (Å²) in [5, 5.41) is 4.44. The maximum atomic E-state index is 14.6. The molecule has 0 spiro atoms. The molecule has 2 aromatic rings. The second kappa shape index (κ2) is 10.8. The summed E-state index contributed by atoms with van der Waals surface area (Å²) in [5.74, 6) is -2.14. The lowest BCUT2D eigenvalue weighted by molar-refractivity contribution is -0.115. The molecule has 0 saturated heterocycles. The monoisotopic (exact) mass is 467 g/mol. The molecule has 2 N–H and O–H groups in total. The molecule has 0 aliphatic carbocycles. The lowest BCUT2D eigenvalue weighted by Crippen LogP contribution is -2.23. The van der Waals surface area contributed by atoms with Crippen molar-refractivity contribution < 1.29 is 26.7 Å². The van der Waals surface area contributed by atoms with Crippen molar-refractivity contribution in [3.05, 3.63) is 40.0 Å². The lowest BCUT2D eigenvalue weighted by atomic mass is 10.0. The first-order chi connectivity index (χ1) is 14.5. The normalized spacial score (nSPS) is 11.7. The van der Waals surface area contributed by atoms with Gasteiger partial charge >= 0.3 is 6.18 Å². The number of halogens is 6. The topological polar surface area (TPSA) is 62.3 Å². The van der Waals surface area contributed by atoms with E-state index < -0.39 is 36.3 Å². The highest BCUT2D eigenvalue weighted by Crippen LogP contribution is 2.30. The van der Waals surface area contributed by atoms with Crippen LogP contribution in [0, 0.1) is 11.6 Å². The van der Waals surface area contributed by atoms with Gasteiger partial charge < -0.3 is 20.3 Å². The zero-order valence-corrected chi connectivity index (χ0v) is 18.0. The van der Waals surface area contributed by atoms with Gasteiger partial charge in [-0.1, -0.05) is 11.6 Å². The van der Waals surface area contributed by atoms with Gasteiger partial charge in [-0.15, -0.1) is 0 Å². The molecule has 0 saturated carbocycles. The van der Waals surface area contributed by atoms with E-state index in [1.807, 2.05) is 19.0 Å². The molecule has 0 aliphatic heterocycles. The minimum absolute atomic E-state index is 0.0146. The summed E-state index contributed by atoms with van der Waals surface area (Å²) in [4.78, 5) is 9.73. The molecule has 172 valence electrons. The number of aromatic nitrogens is 2. The van der Waals surface area contributed by atoms with E-state index in [4.69, 9.17) is 16.3 Å². The fourth-order valence-corrected chi connectivity index (χ4v) is 2.87. The van der Waals surface area contributed by atoms with Crippen LogP contribution in [0.3, 0.4) is 0 Å².